The van der Waals surface area contributed by atoms with Gasteiger partial charge in [0.2, 0.25) is 0 Å². The summed E-state index contributed by atoms with van der Waals surface area (Å²) in [4.78, 5) is 13.7. The monoisotopic (exact) mass is 542 g/mol. The first-order chi connectivity index (χ1) is 19.5. The third-order valence-electron chi connectivity index (χ3n) is 8.36. The topological polar surface area (TPSA) is 34.0 Å². The fourth-order valence-electron chi connectivity index (χ4n) is 5.72. The second kappa shape index (κ2) is 11.4. The van der Waals surface area contributed by atoms with Crippen molar-refractivity contribution in [3.05, 3.63) is 131 Å². The minimum absolute atomic E-state index is 0.0388. The van der Waals surface area contributed by atoms with Crippen LogP contribution >= 0.6 is 0 Å². The first kappa shape index (κ1) is 28.4. The van der Waals surface area contributed by atoms with Crippen molar-refractivity contribution in [2.45, 2.75) is 67.0 Å². The molecule has 5 aromatic rings. The summed E-state index contributed by atoms with van der Waals surface area (Å²) >= 11 is 0. The third kappa shape index (κ3) is 6.00. The van der Waals surface area contributed by atoms with E-state index >= 15 is 0 Å². The van der Waals surface area contributed by atoms with Gasteiger partial charge in [-0.15, -0.1) is 0 Å². The van der Waals surface area contributed by atoms with Gasteiger partial charge in [0.1, 0.15) is 0 Å². The molecule has 41 heavy (non-hydrogen) atoms. The molecule has 0 saturated heterocycles. The summed E-state index contributed by atoms with van der Waals surface area (Å²) in [5.74, 6) is 0.397. The molecule has 0 saturated carbocycles. The van der Waals surface area contributed by atoms with Gasteiger partial charge >= 0.3 is 0 Å². The van der Waals surface area contributed by atoms with Gasteiger partial charge in [-0.25, -0.2) is 0 Å². The molecule has 1 atom stereocenters. The fourth-order valence-corrected chi connectivity index (χ4v) is 5.72. The molecule has 0 aliphatic carbocycles. The lowest BCUT2D eigenvalue weighted by atomic mass is 9.81. The van der Waals surface area contributed by atoms with Gasteiger partial charge in [-0.2, -0.15) is 0 Å². The molecule has 1 amide bonds. The second-order valence-electron chi connectivity index (χ2n) is 12.7. The largest absolute Gasteiger partial charge is 0.345 e. The van der Waals surface area contributed by atoms with Crippen molar-refractivity contribution in [1.29, 1.82) is 0 Å². The number of nitrogens with zero attached hydrogens (tertiary/aromatic N) is 1. The molecular weight excluding hydrogens is 500 g/mol. The Morgan fingerprint density at radius 1 is 0.780 bits per heavy atom. The SMILES string of the molecule is Cc1c(C)n(Cc2ccc(-c3ccccc3)cc2)c2ccc(C(=O)N[C@@H](c3cccc(C(C)C)c3)C(C)(C)C)cc12. The number of hydrogen-bond donors (Lipinski definition) is 1. The Balaban J connectivity index is 1.41. The lowest BCUT2D eigenvalue weighted by Gasteiger charge is -2.32. The summed E-state index contributed by atoms with van der Waals surface area (Å²) in [6.07, 6.45) is 0. The number of aromatic nitrogens is 1. The number of aryl methyl sites for hydroxylation is 1. The van der Waals surface area contributed by atoms with E-state index in [1.54, 1.807) is 0 Å². The first-order valence-corrected chi connectivity index (χ1v) is 14.7. The number of amides is 1. The van der Waals surface area contributed by atoms with Crippen LogP contribution in [0.25, 0.3) is 22.0 Å². The van der Waals surface area contributed by atoms with E-state index in [2.05, 4.69) is 143 Å². The van der Waals surface area contributed by atoms with E-state index < -0.39 is 0 Å². The Bertz CT molecular complexity index is 1670. The van der Waals surface area contributed by atoms with E-state index in [9.17, 15) is 4.79 Å². The Morgan fingerprint density at radius 2 is 1.44 bits per heavy atom. The van der Waals surface area contributed by atoms with E-state index in [0.717, 1.165) is 23.0 Å². The predicted molar refractivity (Wildman–Crippen MR) is 173 cm³/mol. The molecule has 0 fully saturated rings. The maximum Gasteiger partial charge on any atom is 0.251 e. The number of rotatable bonds is 7. The normalized spacial score (nSPS) is 12.6. The summed E-state index contributed by atoms with van der Waals surface area (Å²) in [6, 6.07) is 34.0. The lowest BCUT2D eigenvalue weighted by Crippen LogP contribution is -2.36. The predicted octanol–water partition coefficient (Wildman–Crippen LogP) is 9.61. The van der Waals surface area contributed by atoms with Crippen LogP contribution < -0.4 is 5.32 Å². The highest BCUT2D eigenvalue weighted by Gasteiger charge is 2.29. The van der Waals surface area contributed by atoms with Gasteiger partial charge in [0.05, 0.1) is 6.04 Å². The van der Waals surface area contributed by atoms with Gasteiger partial charge in [0.15, 0.2) is 0 Å². The van der Waals surface area contributed by atoms with Crippen molar-refractivity contribution in [2.75, 3.05) is 0 Å². The smallest absolute Gasteiger partial charge is 0.251 e. The van der Waals surface area contributed by atoms with Gasteiger partial charge in [0, 0.05) is 28.7 Å². The molecule has 3 nitrogen and oxygen atoms in total. The number of benzene rings is 4. The van der Waals surface area contributed by atoms with Gasteiger partial charge in [-0.05, 0) is 76.8 Å². The van der Waals surface area contributed by atoms with E-state index in [1.165, 1.54) is 33.5 Å². The highest BCUT2D eigenvalue weighted by Crippen LogP contribution is 2.35. The zero-order valence-electron chi connectivity index (χ0n) is 25.5. The highest BCUT2D eigenvalue weighted by molar-refractivity contribution is 5.99. The average molecular weight is 543 g/mol. The maximum absolute atomic E-state index is 13.7. The Kier molecular flexibility index (Phi) is 7.91. The van der Waals surface area contributed by atoms with Crippen molar-refractivity contribution in [2.24, 2.45) is 5.41 Å². The van der Waals surface area contributed by atoms with Crippen molar-refractivity contribution in [3.8, 4) is 11.1 Å². The number of carbonyl (C=O) groups excluding carboxylic acids is 1. The van der Waals surface area contributed by atoms with Crippen LogP contribution in [0.3, 0.4) is 0 Å². The van der Waals surface area contributed by atoms with E-state index in [4.69, 9.17) is 0 Å². The van der Waals surface area contributed by atoms with Crippen molar-refractivity contribution >= 4 is 16.8 Å². The summed E-state index contributed by atoms with van der Waals surface area (Å²) in [6.45, 7) is 16.1. The molecule has 0 aliphatic heterocycles. The molecular formula is C38H42N2O. The summed E-state index contributed by atoms with van der Waals surface area (Å²) < 4.78 is 2.36. The van der Waals surface area contributed by atoms with E-state index in [-0.39, 0.29) is 17.4 Å². The van der Waals surface area contributed by atoms with E-state index in [1.807, 2.05) is 12.1 Å². The molecule has 0 aliphatic rings. The van der Waals surface area contributed by atoms with Crippen LogP contribution in [-0.4, -0.2) is 10.5 Å². The molecule has 1 N–H and O–H groups in total. The van der Waals surface area contributed by atoms with Gasteiger partial charge in [0.25, 0.3) is 5.91 Å². The Labute approximate surface area is 245 Å². The molecule has 1 heterocycles. The standard InChI is InChI=1S/C38H42N2O/c1-25(2)31-14-11-15-32(22-31)36(38(5,6)7)39-37(41)33-20-21-35-34(23-33)26(3)27(4)40(35)24-28-16-18-30(19-17-28)29-12-9-8-10-13-29/h8-23,25,36H,24H2,1-7H3,(H,39,41)/t36-/m0/s1. The first-order valence-electron chi connectivity index (χ1n) is 14.7. The molecule has 3 heteroatoms. The van der Waals surface area contributed by atoms with Gasteiger partial charge in [-0.1, -0.05) is 113 Å². The Morgan fingerprint density at radius 3 is 2.10 bits per heavy atom. The summed E-state index contributed by atoms with van der Waals surface area (Å²) in [5, 5.41) is 4.50. The van der Waals surface area contributed by atoms with Crippen LogP contribution in [-0.2, 0) is 6.54 Å². The maximum atomic E-state index is 13.7. The van der Waals surface area contributed by atoms with Crippen LogP contribution in [0.15, 0.2) is 97.1 Å². The van der Waals surface area contributed by atoms with E-state index in [0.29, 0.717) is 11.5 Å². The van der Waals surface area contributed by atoms with Crippen molar-refractivity contribution in [3.63, 3.8) is 0 Å². The zero-order chi connectivity index (χ0) is 29.3. The van der Waals surface area contributed by atoms with Crippen LogP contribution in [0.5, 0.6) is 0 Å². The van der Waals surface area contributed by atoms with Crippen LogP contribution in [0.4, 0.5) is 0 Å². The minimum Gasteiger partial charge on any atom is -0.345 e. The molecule has 0 radical (unpaired) electrons. The van der Waals surface area contributed by atoms with Crippen molar-refractivity contribution in [1.82, 2.24) is 9.88 Å². The molecule has 0 bridgehead atoms. The third-order valence-corrected chi connectivity index (χ3v) is 8.36. The molecule has 5 rings (SSSR count). The second-order valence-corrected chi connectivity index (χ2v) is 12.7. The number of nitrogens with one attached hydrogen (secondary N) is 1. The summed E-state index contributed by atoms with van der Waals surface area (Å²) in [7, 11) is 0. The molecule has 0 unspecified atom stereocenters. The molecule has 210 valence electrons. The van der Waals surface area contributed by atoms with Crippen molar-refractivity contribution < 1.29 is 4.79 Å². The number of carbonyl (C=O) groups is 1. The Hall–Kier alpha value is -4.11. The highest BCUT2D eigenvalue weighted by atomic mass is 16.1. The zero-order valence-corrected chi connectivity index (χ0v) is 25.5. The lowest BCUT2D eigenvalue weighted by molar-refractivity contribution is 0.0902. The average Bonchev–Trinajstić information content (AvgIpc) is 3.20. The molecule has 4 aromatic carbocycles. The van der Waals surface area contributed by atoms with Crippen LogP contribution in [0, 0.1) is 19.3 Å². The number of hydrogen-bond acceptors (Lipinski definition) is 1. The quantitative estimate of drug-likeness (QED) is 0.218. The number of fused-ring (bicyclic) bond motifs is 1. The van der Waals surface area contributed by atoms with Crippen LogP contribution in [0.2, 0.25) is 0 Å². The molecule has 0 spiro atoms. The fraction of sp³-hybridized carbons (Fsp3) is 0.289. The van der Waals surface area contributed by atoms with Gasteiger partial charge < -0.3 is 9.88 Å². The summed E-state index contributed by atoms with van der Waals surface area (Å²) in [5.41, 5.74) is 10.3. The molecule has 1 aromatic heterocycles. The van der Waals surface area contributed by atoms with Crippen LogP contribution in [0.1, 0.15) is 84.9 Å². The van der Waals surface area contributed by atoms with Gasteiger partial charge in [-0.3, -0.25) is 4.79 Å². The minimum atomic E-state index is -0.138.